The summed E-state index contributed by atoms with van der Waals surface area (Å²) in [5.74, 6) is -0.124. The van der Waals surface area contributed by atoms with Gasteiger partial charge in [-0.3, -0.25) is 4.79 Å². The van der Waals surface area contributed by atoms with Gasteiger partial charge in [0.1, 0.15) is 16.3 Å². The van der Waals surface area contributed by atoms with Gasteiger partial charge in [-0.05, 0) is 19.8 Å². The van der Waals surface area contributed by atoms with Crippen LogP contribution in [0.15, 0.2) is 59.6 Å². The van der Waals surface area contributed by atoms with Crippen LogP contribution in [0.25, 0.3) is 22.0 Å². The van der Waals surface area contributed by atoms with E-state index < -0.39 is 5.54 Å². The van der Waals surface area contributed by atoms with Crippen molar-refractivity contribution in [3.05, 3.63) is 54.6 Å². The number of benzene rings is 2. The van der Waals surface area contributed by atoms with Crippen molar-refractivity contribution >= 4 is 28.4 Å². The number of hydrogen-bond acceptors (Lipinski definition) is 5. The van der Waals surface area contributed by atoms with Gasteiger partial charge in [0.15, 0.2) is 0 Å². The first-order valence-electron chi connectivity index (χ1n) is 10.3. The topological polar surface area (TPSA) is 78.7 Å². The second kappa shape index (κ2) is 8.85. The molecule has 6 heteroatoms. The summed E-state index contributed by atoms with van der Waals surface area (Å²) in [4.78, 5) is 12.9. The predicted molar refractivity (Wildman–Crippen MR) is 120 cm³/mol. The minimum atomic E-state index is -0.727. The summed E-state index contributed by atoms with van der Waals surface area (Å²) in [7, 11) is 0. The van der Waals surface area contributed by atoms with Gasteiger partial charge in [0.2, 0.25) is 5.91 Å². The molecule has 1 saturated carbocycles. The summed E-state index contributed by atoms with van der Waals surface area (Å²) in [6.07, 6.45) is 4.53. The van der Waals surface area contributed by atoms with Crippen molar-refractivity contribution in [2.45, 2.75) is 54.8 Å². The molecule has 1 atom stereocenters. The number of nitrogens with zero attached hydrogens (tertiary/aromatic N) is 3. The number of amides is 1. The van der Waals surface area contributed by atoms with Crippen LogP contribution in [0.1, 0.15) is 39.0 Å². The van der Waals surface area contributed by atoms with E-state index in [0.29, 0.717) is 0 Å². The van der Waals surface area contributed by atoms with Crippen LogP contribution in [0.4, 0.5) is 0 Å². The number of nitriles is 1. The molecule has 2 aromatic carbocycles. The largest absolute Gasteiger partial charge is 0.337 e. The Bertz CT molecular complexity index is 1090. The minimum absolute atomic E-state index is 0.124. The van der Waals surface area contributed by atoms with Gasteiger partial charge in [-0.2, -0.15) is 5.26 Å². The summed E-state index contributed by atoms with van der Waals surface area (Å²) in [6, 6.07) is 20.3. The highest BCUT2D eigenvalue weighted by atomic mass is 32.2. The lowest BCUT2D eigenvalue weighted by Crippen LogP contribution is -2.50. The molecule has 1 heterocycles. The van der Waals surface area contributed by atoms with Crippen LogP contribution in [-0.2, 0) is 4.79 Å². The highest BCUT2D eigenvalue weighted by molar-refractivity contribution is 8.00. The first-order chi connectivity index (χ1) is 14.6. The molecule has 0 saturated heterocycles. The molecule has 0 unspecified atom stereocenters. The van der Waals surface area contributed by atoms with E-state index >= 15 is 0 Å². The molecule has 1 aliphatic carbocycles. The Morgan fingerprint density at radius 2 is 1.70 bits per heavy atom. The Labute approximate surface area is 180 Å². The molecule has 0 aliphatic heterocycles. The Kier molecular flexibility index (Phi) is 6.01. The maximum Gasteiger partial charge on any atom is 0.234 e. The van der Waals surface area contributed by atoms with Crippen molar-refractivity contribution in [2.24, 2.45) is 0 Å². The van der Waals surface area contributed by atoms with Gasteiger partial charge in [-0.1, -0.05) is 85.6 Å². The van der Waals surface area contributed by atoms with Gasteiger partial charge in [-0.15, -0.1) is 10.2 Å². The van der Waals surface area contributed by atoms with Crippen LogP contribution in [-0.4, -0.2) is 26.9 Å². The molecule has 1 amide bonds. The van der Waals surface area contributed by atoms with Crippen molar-refractivity contribution in [1.29, 1.82) is 5.26 Å². The summed E-state index contributed by atoms with van der Waals surface area (Å²) in [5.41, 5.74) is 1.12. The average molecular weight is 417 g/mol. The number of aromatic nitrogens is 2. The van der Waals surface area contributed by atoms with E-state index in [4.69, 9.17) is 0 Å². The molecule has 0 radical (unpaired) electrons. The maximum absolute atomic E-state index is 12.9. The van der Waals surface area contributed by atoms with Crippen molar-refractivity contribution in [3.8, 4) is 17.3 Å². The van der Waals surface area contributed by atoms with Crippen molar-refractivity contribution < 1.29 is 4.79 Å². The normalized spacial score (nSPS) is 16.5. The number of thioether (sulfide) groups is 1. The van der Waals surface area contributed by atoms with Gasteiger partial charge >= 0.3 is 0 Å². The van der Waals surface area contributed by atoms with Crippen LogP contribution >= 0.6 is 11.8 Å². The molecule has 152 valence electrons. The average Bonchev–Trinajstić information content (AvgIpc) is 2.80. The SMILES string of the molecule is C[C@H](Sc1nnc(-c2ccccc2)c2ccccc12)C(=O)NC1(C#N)CCCCC1. The Balaban J connectivity index is 1.58. The van der Waals surface area contributed by atoms with Crippen molar-refractivity contribution in [1.82, 2.24) is 15.5 Å². The maximum atomic E-state index is 12.9. The number of carbonyl (C=O) groups is 1. The molecule has 1 fully saturated rings. The molecular weight excluding hydrogens is 392 g/mol. The second-order valence-corrected chi connectivity index (χ2v) is 9.10. The van der Waals surface area contributed by atoms with E-state index in [1.807, 2.05) is 61.5 Å². The van der Waals surface area contributed by atoms with E-state index in [-0.39, 0.29) is 11.2 Å². The lowest BCUT2D eigenvalue weighted by Gasteiger charge is -2.32. The van der Waals surface area contributed by atoms with Crippen molar-refractivity contribution in [3.63, 3.8) is 0 Å². The number of hydrogen-bond donors (Lipinski definition) is 1. The van der Waals surface area contributed by atoms with Gasteiger partial charge in [0.05, 0.1) is 11.3 Å². The van der Waals surface area contributed by atoms with Gasteiger partial charge in [-0.25, -0.2) is 0 Å². The number of rotatable bonds is 5. The van der Waals surface area contributed by atoms with E-state index in [1.54, 1.807) is 0 Å². The van der Waals surface area contributed by atoms with Gasteiger partial charge < -0.3 is 5.32 Å². The fraction of sp³-hybridized carbons (Fsp3) is 0.333. The van der Waals surface area contributed by atoms with E-state index in [0.717, 1.165) is 59.2 Å². The van der Waals surface area contributed by atoms with E-state index in [1.165, 1.54) is 11.8 Å². The third-order valence-electron chi connectivity index (χ3n) is 5.64. The monoisotopic (exact) mass is 416 g/mol. The first kappa shape index (κ1) is 20.4. The smallest absolute Gasteiger partial charge is 0.234 e. The van der Waals surface area contributed by atoms with E-state index in [9.17, 15) is 10.1 Å². The summed E-state index contributed by atoms with van der Waals surface area (Å²) < 4.78 is 0. The summed E-state index contributed by atoms with van der Waals surface area (Å²) in [5, 5.41) is 23.9. The van der Waals surface area contributed by atoms with Gasteiger partial charge in [0, 0.05) is 16.3 Å². The standard InChI is InChI=1S/C24H24N4OS/c1-17(22(29)26-24(16-25)14-8-3-9-15-24)30-23-20-13-7-6-12-19(20)21(27-28-23)18-10-4-2-5-11-18/h2,4-7,10-13,17H,3,8-9,14-15H2,1H3,(H,26,29)/t17-/m0/s1. The molecule has 1 aromatic heterocycles. The van der Waals surface area contributed by atoms with Crippen molar-refractivity contribution in [2.75, 3.05) is 0 Å². The number of nitrogens with one attached hydrogen (secondary N) is 1. The zero-order chi connectivity index (χ0) is 21.0. The first-order valence-corrected chi connectivity index (χ1v) is 11.2. The van der Waals surface area contributed by atoms with Crippen LogP contribution < -0.4 is 5.32 Å². The van der Waals surface area contributed by atoms with Crippen LogP contribution in [0.3, 0.4) is 0 Å². The third kappa shape index (κ3) is 4.17. The Hall–Kier alpha value is -2.91. The lowest BCUT2D eigenvalue weighted by molar-refractivity contribution is -0.121. The third-order valence-corrected chi connectivity index (χ3v) is 6.73. The zero-order valence-electron chi connectivity index (χ0n) is 17.0. The zero-order valence-corrected chi connectivity index (χ0v) is 17.8. The minimum Gasteiger partial charge on any atom is -0.337 e. The Morgan fingerprint density at radius 1 is 1.03 bits per heavy atom. The molecule has 30 heavy (non-hydrogen) atoms. The summed E-state index contributed by atoms with van der Waals surface area (Å²) >= 11 is 1.39. The molecular formula is C24H24N4OS. The predicted octanol–water partition coefficient (Wildman–Crippen LogP) is 5.12. The fourth-order valence-corrected chi connectivity index (χ4v) is 4.85. The molecule has 0 bridgehead atoms. The fourth-order valence-electron chi connectivity index (χ4n) is 3.95. The molecule has 5 nitrogen and oxygen atoms in total. The molecule has 0 spiro atoms. The second-order valence-electron chi connectivity index (χ2n) is 7.77. The summed E-state index contributed by atoms with van der Waals surface area (Å²) in [6.45, 7) is 1.86. The van der Waals surface area contributed by atoms with Gasteiger partial charge in [0.25, 0.3) is 0 Å². The molecule has 4 rings (SSSR count). The van der Waals surface area contributed by atoms with Crippen LogP contribution in [0.2, 0.25) is 0 Å². The quantitative estimate of drug-likeness (QED) is 0.584. The van der Waals surface area contributed by atoms with Crippen LogP contribution in [0, 0.1) is 11.3 Å². The highest BCUT2D eigenvalue weighted by Crippen LogP contribution is 2.34. The molecule has 1 N–H and O–H groups in total. The lowest BCUT2D eigenvalue weighted by atomic mass is 9.83. The number of carbonyl (C=O) groups excluding carboxylic acids is 1. The molecule has 1 aliphatic rings. The van der Waals surface area contributed by atoms with E-state index in [2.05, 4.69) is 21.6 Å². The molecule has 3 aromatic rings. The number of fused-ring (bicyclic) bond motifs is 1. The highest BCUT2D eigenvalue weighted by Gasteiger charge is 2.35. The van der Waals surface area contributed by atoms with Crippen LogP contribution in [0.5, 0.6) is 0 Å². The Morgan fingerprint density at radius 3 is 2.40 bits per heavy atom.